The minimum absolute atomic E-state index is 0.239. The third-order valence-electron chi connectivity index (χ3n) is 3.15. The molecule has 1 rings (SSSR count). The first-order valence-corrected chi connectivity index (χ1v) is 6.36. The Morgan fingerprint density at radius 2 is 2.24 bits per heavy atom. The van der Waals surface area contributed by atoms with Crippen molar-refractivity contribution in [3.63, 3.8) is 0 Å². The van der Waals surface area contributed by atoms with Crippen LogP contribution in [0.2, 0.25) is 0 Å². The van der Waals surface area contributed by atoms with Crippen molar-refractivity contribution in [3.05, 3.63) is 0 Å². The number of nitrogens with zero attached hydrogens (tertiary/aromatic N) is 2. The Morgan fingerprint density at radius 1 is 1.53 bits per heavy atom. The van der Waals surface area contributed by atoms with E-state index in [1.165, 1.54) is 0 Å². The van der Waals surface area contributed by atoms with Crippen LogP contribution in [0, 0.1) is 0 Å². The monoisotopic (exact) mass is 243 g/mol. The summed E-state index contributed by atoms with van der Waals surface area (Å²) in [6, 6.07) is 0.613. The molecule has 0 saturated carbocycles. The van der Waals surface area contributed by atoms with Gasteiger partial charge >= 0.3 is 0 Å². The van der Waals surface area contributed by atoms with Gasteiger partial charge in [0.1, 0.15) is 6.23 Å². The van der Waals surface area contributed by atoms with Gasteiger partial charge in [-0.25, -0.2) is 0 Å². The van der Waals surface area contributed by atoms with Gasteiger partial charge in [0.25, 0.3) is 0 Å². The molecule has 0 radical (unpaired) electrons. The summed E-state index contributed by atoms with van der Waals surface area (Å²) in [7, 11) is 1.61. The summed E-state index contributed by atoms with van der Waals surface area (Å²) < 4.78 is 10.3. The molecule has 1 aliphatic rings. The van der Waals surface area contributed by atoms with E-state index in [0.717, 1.165) is 39.3 Å². The molecule has 0 spiro atoms. The van der Waals surface area contributed by atoms with E-state index in [0.29, 0.717) is 12.5 Å². The van der Waals surface area contributed by atoms with Crippen LogP contribution in [-0.2, 0) is 9.47 Å². The fourth-order valence-electron chi connectivity index (χ4n) is 1.96. The van der Waals surface area contributed by atoms with Gasteiger partial charge in [-0.2, -0.15) is 0 Å². The van der Waals surface area contributed by atoms with E-state index in [9.17, 15) is 0 Å². The molecule has 1 aliphatic heterocycles. The molecule has 5 nitrogen and oxygen atoms in total. The molecule has 1 atom stereocenters. The number of hydrogen-bond donors (Lipinski definition) is 1. The first-order valence-electron chi connectivity index (χ1n) is 6.36. The van der Waals surface area contributed by atoms with E-state index in [4.69, 9.17) is 15.2 Å². The van der Waals surface area contributed by atoms with Crippen LogP contribution in [-0.4, -0.2) is 56.9 Å². The smallest absolute Gasteiger partial charge is 0.110 e. The van der Waals surface area contributed by atoms with Crippen LogP contribution in [0.1, 0.15) is 26.2 Å². The second-order valence-electron chi connectivity index (χ2n) is 4.26. The summed E-state index contributed by atoms with van der Waals surface area (Å²) in [6.07, 6.45) is 4.51. The Morgan fingerprint density at radius 3 is 2.82 bits per heavy atom. The summed E-state index contributed by atoms with van der Waals surface area (Å²) >= 11 is 0. The van der Waals surface area contributed by atoms with Gasteiger partial charge in [0.2, 0.25) is 0 Å². The van der Waals surface area contributed by atoms with Crippen LogP contribution in [0.25, 0.3) is 0 Å². The van der Waals surface area contributed by atoms with E-state index >= 15 is 0 Å². The lowest BCUT2D eigenvalue weighted by molar-refractivity contribution is 0.0370. The third kappa shape index (κ3) is 5.59. The highest BCUT2D eigenvalue weighted by Crippen LogP contribution is 2.13. The number of ether oxygens (including phenoxy) is 2. The Labute approximate surface area is 104 Å². The summed E-state index contributed by atoms with van der Waals surface area (Å²) in [6.45, 7) is 5.70. The van der Waals surface area contributed by atoms with Crippen molar-refractivity contribution >= 4 is 6.21 Å². The molecule has 5 heteroatoms. The Bertz CT molecular complexity index is 218. The first-order chi connectivity index (χ1) is 8.27. The number of nitrogens with two attached hydrogens (primary N) is 1. The van der Waals surface area contributed by atoms with E-state index < -0.39 is 0 Å². The maximum atomic E-state index is 5.62. The molecule has 0 bridgehead atoms. The van der Waals surface area contributed by atoms with Crippen molar-refractivity contribution < 1.29 is 9.47 Å². The second kappa shape index (κ2) is 8.58. The van der Waals surface area contributed by atoms with Gasteiger partial charge in [0.15, 0.2) is 0 Å². The Hall–Kier alpha value is -0.490. The SMILES string of the molecule is CCN(CN=CCC(N)OC)C1CCOCC1. The lowest BCUT2D eigenvalue weighted by Gasteiger charge is -2.32. The average molecular weight is 243 g/mol. The first kappa shape index (κ1) is 14.6. The van der Waals surface area contributed by atoms with Crippen molar-refractivity contribution in [2.75, 3.05) is 33.5 Å². The van der Waals surface area contributed by atoms with Gasteiger partial charge in [-0.1, -0.05) is 6.92 Å². The molecule has 0 amide bonds. The molecule has 17 heavy (non-hydrogen) atoms. The third-order valence-corrected chi connectivity index (χ3v) is 3.15. The molecule has 1 unspecified atom stereocenters. The van der Waals surface area contributed by atoms with Gasteiger partial charge in [0.05, 0.1) is 6.67 Å². The van der Waals surface area contributed by atoms with Crippen molar-refractivity contribution in [3.8, 4) is 0 Å². The zero-order chi connectivity index (χ0) is 12.5. The van der Waals surface area contributed by atoms with Gasteiger partial charge in [-0.3, -0.25) is 9.89 Å². The molecule has 100 valence electrons. The molecular formula is C12H25N3O2. The number of hydrogen-bond acceptors (Lipinski definition) is 5. The molecule has 1 fully saturated rings. The predicted octanol–water partition coefficient (Wildman–Crippen LogP) is 0.837. The average Bonchev–Trinajstić information content (AvgIpc) is 2.39. The van der Waals surface area contributed by atoms with Crippen molar-refractivity contribution in [1.82, 2.24) is 4.90 Å². The summed E-state index contributed by atoms with van der Waals surface area (Å²) in [5.41, 5.74) is 5.62. The lowest BCUT2D eigenvalue weighted by atomic mass is 10.1. The zero-order valence-electron chi connectivity index (χ0n) is 11.0. The van der Waals surface area contributed by atoms with Gasteiger partial charge in [-0.15, -0.1) is 0 Å². The highest BCUT2D eigenvalue weighted by atomic mass is 16.5. The molecule has 0 aromatic carbocycles. The van der Waals surface area contributed by atoms with E-state index in [2.05, 4.69) is 16.8 Å². The number of methoxy groups -OCH3 is 1. The second-order valence-corrected chi connectivity index (χ2v) is 4.26. The quantitative estimate of drug-likeness (QED) is 0.531. The minimum atomic E-state index is -0.239. The summed E-state index contributed by atoms with van der Waals surface area (Å²) in [5.74, 6) is 0. The van der Waals surface area contributed by atoms with E-state index in [-0.39, 0.29) is 6.23 Å². The largest absolute Gasteiger partial charge is 0.381 e. The van der Waals surface area contributed by atoms with Crippen LogP contribution in [0.15, 0.2) is 4.99 Å². The standard InChI is InChI=1S/C12H25N3O2/c1-3-15(11-5-8-17-9-6-11)10-14-7-4-12(13)16-2/h7,11-12H,3-6,8-10,13H2,1-2H3. The van der Waals surface area contributed by atoms with E-state index in [1.54, 1.807) is 7.11 Å². The molecule has 0 aromatic heterocycles. The Kier molecular flexibility index (Phi) is 7.35. The summed E-state index contributed by atoms with van der Waals surface area (Å²) in [4.78, 5) is 6.79. The van der Waals surface area contributed by atoms with Crippen molar-refractivity contribution in [2.24, 2.45) is 10.7 Å². The predicted molar refractivity (Wildman–Crippen MR) is 69.2 cm³/mol. The van der Waals surface area contributed by atoms with Crippen LogP contribution < -0.4 is 5.73 Å². The minimum Gasteiger partial charge on any atom is -0.381 e. The normalized spacial score (nSPS) is 20.2. The molecule has 2 N–H and O–H groups in total. The van der Waals surface area contributed by atoms with Gasteiger partial charge in [0, 0.05) is 39.0 Å². The number of rotatable bonds is 7. The van der Waals surface area contributed by atoms with Crippen LogP contribution in [0.3, 0.4) is 0 Å². The van der Waals surface area contributed by atoms with Crippen LogP contribution in [0.4, 0.5) is 0 Å². The van der Waals surface area contributed by atoms with E-state index in [1.807, 2.05) is 6.21 Å². The topological polar surface area (TPSA) is 60.1 Å². The summed E-state index contributed by atoms with van der Waals surface area (Å²) in [5, 5.41) is 0. The van der Waals surface area contributed by atoms with Crippen molar-refractivity contribution in [1.29, 1.82) is 0 Å². The fourth-order valence-corrected chi connectivity index (χ4v) is 1.96. The molecule has 0 aliphatic carbocycles. The zero-order valence-corrected chi connectivity index (χ0v) is 11.0. The lowest BCUT2D eigenvalue weighted by Crippen LogP contribution is -2.39. The maximum absolute atomic E-state index is 5.62. The van der Waals surface area contributed by atoms with Gasteiger partial charge in [-0.05, 0) is 19.4 Å². The van der Waals surface area contributed by atoms with Crippen LogP contribution >= 0.6 is 0 Å². The van der Waals surface area contributed by atoms with Crippen molar-refractivity contribution in [2.45, 2.75) is 38.5 Å². The molecule has 0 aromatic rings. The molecule has 1 saturated heterocycles. The fraction of sp³-hybridized carbons (Fsp3) is 0.917. The van der Waals surface area contributed by atoms with Crippen LogP contribution in [0.5, 0.6) is 0 Å². The molecular weight excluding hydrogens is 218 g/mol. The Balaban J connectivity index is 2.26. The number of aliphatic imine (C=N–C) groups is 1. The molecule has 1 heterocycles. The maximum Gasteiger partial charge on any atom is 0.110 e. The highest BCUT2D eigenvalue weighted by molar-refractivity contribution is 5.57. The van der Waals surface area contributed by atoms with Gasteiger partial charge < -0.3 is 15.2 Å². The highest BCUT2D eigenvalue weighted by Gasteiger charge is 2.19.